The maximum Gasteiger partial charge on any atom is 0.243 e. The van der Waals surface area contributed by atoms with Crippen LogP contribution in [0.4, 0.5) is 0 Å². The first-order valence-electron chi connectivity index (χ1n) is 21.1. The Morgan fingerprint density at radius 3 is 1.69 bits per heavy atom. The number of nitrogens with one attached hydrogen (secondary N) is 8. The summed E-state index contributed by atoms with van der Waals surface area (Å²) >= 11 is 0. The molecule has 2 aliphatic rings. The van der Waals surface area contributed by atoms with Gasteiger partial charge in [-0.25, -0.2) is 0 Å². The first kappa shape index (κ1) is 46.2. The van der Waals surface area contributed by atoms with E-state index < -0.39 is 90.1 Å². The Morgan fingerprint density at radius 2 is 1.12 bits per heavy atom. The predicted octanol–water partition coefficient (Wildman–Crippen LogP) is 2.79. The monoisotopic (exact) mass is 809 g/mol. The van der Waals surface area contributed by atoms with E-state index in [1.165, 1.54) is 0 Å². The van der Waals surface area contributed by atoms with Crippen molar-refractivity contribution < 1.29 is 33.5 Å². The number of benzene rings is 1. The number of H-pyrrole nitrogens is 1. The highest BCUT2D eigenvalue weighted by molar-refractivity contribution is 5.97. The van der Waals surface area contributed by atoms with Gasteiger partial charge in [-0.3, -0.25) is 34.1 Å². The van der Waals surface area contributed by atoms with Gasteiger partial charge in [-0.2, -0.15) is 0 Å². The van der Waals surface area contributed by atoms with E-state index in [1.54, 1.807) is 20.0 Å². The zero-order chi connectivity index (χ0) is 43.0. The number of hydrogen-bond acceptors (Lipinski definition) is 8. The van der Waals surface area contributed by atoms with E-state index in [4.69, 9.17) is 4.74 Å². The Morgan fingerprint density at radius 1 is 0.603 bits per heavy atom. The molecule has 2 bridgehead atoms. The van der Waals surface area contributed by atoms with E-state index in [9.17, 15) is 28.8 Å². The molecule has 2 fully saturated rings. The van der Waals surface area contributed by atoms with Crippen molar-refractivity contribution in [3.8, 4) is 0 Å². The van der Waals surface area contributed by atoms with Crippen LogP contribution in [0.25, 0.3) is 10.9 Å². The van der Waals surface area contributed by atoms with E-state index >= 15 is 0 Å². The molecule has 0 spiro atoms. The molecule has 2 aliphatic heterocycles. The van der Waals surface area contributed by atoms with Crippen molar-refractivity contribution >= 4 is 46.3 Å². The van der Waals surface area contributed by atoms with Crippen molar-refractivity contribution in [2.75, 3.05) is 0 Å². The van der Waals surface area contributed by atoms with Gasteiger partial charge < -0.3 is 41.6 Å². The summed E-state index contributed by atoms with van der Waals surface area (Å²) in [6, 6.07) is 0.929. The predicted molar refractivity (Wildman–Crippen MR) is 223 cm³/mol. The maximum absolute atomic E-state index is 14.4. The molecule has 15 heteroatoms. The second-order valence-corrected chi connectivity index (χ2v) is 17.8. The topological polar surface area (TPSA) is 212 Å². The van der Waals surface area contributed by atoms with Gasteiger partial charge >= 0.3 is 0 Å². The summed E-state index contributed by atoms with van der Waals surface area (Å²) in [6.07, 6.45) is 2.05. The standard InChI is InChI=1S/C43H68N8O7/c1-12-15-31-36-42(57)49-32(22(4)5)39(54)46-30(19-26-20-44-28-17-14-13-16-27(26)28)37(52)45-29(18-21(2)3)38(53)47-33(23(6)7)40(55)48-34(24(8)9)41(56)50-35(25(10)11)43(51-36)58-31/h13-14,16-17,20-25,29-36,43-44,51H,12,15,18-19H2,1-11H3,(H,45,52)(H,46,54)(H,47,53)(H,48,55)(H,49,57)(H,50,56)/t29-,30+,31?,32-,33+,34-,35+,36+,43?/m1/s1. The molecule has 3 heterocycles. The van der Waals surface area contributed by atoms with Crippen LogP contribution in [0, 0.1) is 29.6 Å². The van der Waals surface area contributed by atoms with Crippen LogP contribution in [0.1, 0.15) is 101 Å². The molecular formula is C43H68N8O7. The number of para-hydroxylation sites is 1. The second kappa shape index (κ2) is 20.5. The molecule has 15 nitrogen and oxygen atoms in total. The first-order chi connectivity index (χ1) is 27.3. The Labute approximate surface area is 343 Å². The Balaban J connectivity index is 1.80. The van der Waals surface area contributed by atoms with Gasteiger partial charge in [-0.1, -0.05) is 101 Å². The molecule has 2 unspecified atom stereocenters. The molecule has 0 aliphatic carbocycles. The summed E-state index contributed by atoms with van der Waals surface area (Å²) in [5.41, 5.74) is 1.63. The van der Waals surface area contributed by atoms with Crippen molar-refractivity contribution in [1.29, 1.82) is 0 Å². The maximum atomic E-state index is 14.4. The lowest BCUT2D eigenvalue weighted by Crippen LogP contribution is -2.62. The molecule has 6 amide bonds. The molecule has 58 heavy (non-hydrogen) atoms. The largest absolute Gasteiger partial charge is 0.361 e. The Kier molecular flexibility index (Phi) is 16.3. The van der Waals surface area contributed by atoms with Gasteiger partial charge in [0.05, 0.1) is 12.1 Å². The quantitative estimate of drug-likeness (QED) is 0.179. The Hall–Kier alpha value is -4.50. The van der Waals surface area contributed by atoms with Crippen LogP contribution in [0.5, 0.6) is 0 Å². The fraction of sp³-hybridized carbons (Fsp3) is 0.674. The highest BCUT2D eigenvalue weighted by Gasteiger charge is 2.45. The fourth-order valence-electron chi connectivity index (χ4n) is 7.70. The molecule has 322 valence electrons. The minimum atomic E-state index is -1.15. The number of carbonyl (C=O) groups excluding carboxylic acids is 6. The smallest absolute Gasteiger partial charge is 0.243 e. The Bertz CT molecular complexity index is 1760. The van der Waals surface area contributed by atoms with Crippen LogP contribution >= 0.6 is 0 Å². The zero-order valence-corrected chi connectivity index (χ0v) is 36.2. The third-order valence-corrected chi connectivity index (χ3v) is 11.1. The molecule has 9 atom stereocenters. The number of rotatable bonds is 10. The average molecular weight is 809 g/mol. The molecule has 8 N–H and O–H groups in total. The summed E-state index contributed by atoms with van der Waals surface area (Å²) in [5, 5.41) is 21.8. The number of aromatic nitrogens is 1. The van der Waals surface area contributed by atoms with E-state index in [0.29, 0.717) is 12.8 Å². The van der Waals surface area contributed by atoms with Crippen LogP contribution < -0.4 is 37.2 Å². The highest BCUT2D eigenvalue weighted by Crippen LogP contribution is 2.24. The van der Waals surface area contributed by atoms with Crippen LogP contribution in [-0.4, -0.2) is 95.1 Å². The number of aromatic amines is 1. The minimum absolute atomic E-state index is 0.0357. The number of fused-ring (bicyclic) bond motifs is 3. The van der Waals surface area contributed by atoms with Crippen molar-refractivity contribution in [2.24, 2.45) is 29.6 Å². The van der Waals surface area contributed by atoms with Gasteiger partial charge in [0.25, 0.3) is 0 Å². The first-order valence-corrected chi connectivity index (χ1v) is 21.1. The molecule has 4 rings (SSSR count). The van der Waals surface area contributed by atoms with Crippen molar-refractivity contribution in [1.82, 2.24) is 42.2 Å². The SMILES string of the molecule is CCCC1OC2N[C@@H]1C(=O)N[C@H](C(C)C)C(=O)N[C@@H](Cc1c[nH]c3ccccc13)C(=O)N[C@H](CC(C)C)C(=O)N[C@@H](C(C)C)C(=O)N[C@H](C(C)C)C(=O)N[C@H]2C(C)C. The van der Waals surface area contributed by atoms with E-state index in [1.807, 2.05) is 86.6 Å². The number of amides is 6. The van der Waals surface area contributed by atoms with E-state index in [2.05, 4.69) is 42.2 Å². The summed E-state index contributed by atoms with van der Waals surface area (Å²) in [4.78, 5) is 88.2. The lowest BCUT2D eigenvalue weighted by molar-refractivity contribution is -0.136. The van der Waals surface area contributed by atoms with Gasteiger partial charge in [0.1, 0.15) is 42.5 Å². The van der Waals surface area contributed by atoms with Crippen LogP contribution in [0.3, 0.4) is 0 Å². The van der Waals surface area contributed by atoms with Crippen LogP contribution in [0.2, 0.25) is 0 Å². The summed E-state index contributed by atoms with van der Waals surface area (Å²) in [7, 11) is 0. The third kappa shape index (κ3) is 11.6. The van der Waals surface area contributed by atoms with Gasteiger partial charge in [-0.05, 0) is 54.1 Å². The van der Waals surface area contributed by atoms with Crippen LogP contribution in [0.15, 0.2) is 30.5 Å². The molecule has 0 saturated carbocycles. The fourth-order valence-corrected chi connectivity index (χ4v) is 7.70. The van der Waals surface area contributed by atoms with E-state index in [0.717, 1.165) is 16.5 Å². The summed E-state index contributed by atoms with van der Waals surface area (Å²) in [6.45, 7) is 20.5. The van der Waals surface area contributed by atoms with Crippen molar-refractivity contribution in [2.45, 2.75) is 156 Å². The van der Waals surface area contributed by atoms with Gasteiger partial charge in [-0.15, -0.1) is 0 Å². The molecule has 1 aromatic carbocycles. The zero-order valence-electron chi connectivity index (χ0n) is 36.2. The summed E-state index contributed by atoms with van der Waals surface area (Å²) in [5.74, 6) is -4.43. The molecule has 2 aromatic rings. The molecule has 1 aromatic heterocycles. The second-order valence-electron chi connectivity index (χ2n) is 17.8. The molecule has 2 saturated heterocycles. The average Bonchev–Trinajstić information content (AvgIpc) is 3.76. The van der Waals surface area contributed by atoms with E-state index in [-0.39, 0.29) is 42.4 Å². The van der Waals surface area contributed by atoms with Gasteiger partial charge in [0, 0.05) is 23.5 Å². The lowest BCUT2D eigenvalue weighted by atomic mass is 9.97. The van der Waals surface area contributed by atoms with Crippen molar-refractivity contribution in [3.63, 3.8) is 0 Å². The van der Waals surface area contributed by atoms with Crippen molar-refractivity contribution in [3.05, 3.63) is 36.0 Å². The highest BCUT2D eigenvalue weighted by atomic mass is 16.5. The molecular weight excluding hydrogens is 741 g/mol. The van der Waals surface area contributed by atoms with Crippen LogP contribution in [-0.2, 0) is 39.9 Å². The summed E-state index contributed by atoms with van der Waals surface area (Å²) < 4.78 is 6.45. The number of hydrogen-bond donors (Lipinski definition) is 8. The normalized spacial score (nSPS) is 28.7. The number of ether oxygens (including phenoxy) is 1. The number of carbonyl (C=O) groups is 6. The van der Waals surface area contributed by atoms with Gasteiger partial charge in [0.2, 0.25) is 35.4 Å². The minimum Gasteiger partial charge on any atom is -0.361 e. The molecule has 0 radical (unpaired) electrons. The third-order valence-electron chi connectivity index (χ3n) is 11.1. The van der Waals surface area contributed by atoms with Gasteiger partial charge in [0.15, 0.2) is 0 Å². The lowest BCUT2D eigenvalue weighted by Gasteiger charge is -2.32.